The van der Waals surface area contributed by atoms with E-state index < -0.39 is 22.2 Å². The monoisotopic (exact) mass is 299 g/mol. The van der Waals surface area contributed by atoms with Crippen molar-refractivity contribution >= 4 is 16.1 Å². The van der Waals surface area contributed by atoms with Crippen molar-refractivity contribution in [3.63, 3.8) is 0 Å². The molecule has 0 saturated heterocycles. The standard InChI is InChI=1S/C13H21N3O3S/c1-3-16(4-2)20(18,19)15-12(13(14)17)10-11-8-6-5-7-9-11/h5-9,12,15H,3-4,10H2,1-2H3,(H2,14,17)/t12-/m1/s1. The maximum Gasteiger partial charge on any atom is 0.280 e. The van der Waals surface area contributed by atoms with E-state index in [4.69, 9.17) is 5.73 Å². The van der Waals surface area contributed by atoms with E-state index in [2.05, 4.69) is 4.72 Å². The van der Waals surface area contributed by atoms with Gasteiger partial charge < -0.3 is 5.73 Å². The Kier molecular flexibility index (Phi) is 6.12. The number of carbonyl (C=O) groups excluding carboxylic acids is 1. The summed E-state index contributed by atoms with van der Waals surface area (Å²) in [4.78, 5) is 11.5. The van der Waals surface area contributed by atoms with Gasteiger partial charge >= 0.3 is 0 Å². The van der Waals surface area contributed by atoms with Crippen LogP contribution < -0.4 is 10.5 Å². The SMILES string of the molecule is CCN(CC)S(=O)(=O)N[C@H](Cc1ccccc1)C(N)=O. The first-order valence-corrected chi connectivity index (χ1v) is 7.95. The number of primary amides is 1. The molecule has 0 fully saturated rings. The summed E-state index contributed by atoms with van der Waals surface area (Å²) >= 11 is 0. The van der Waals surface area contributed by atoms with Crippen LogP contribution in [0, 0.1) is 0 Å². The van der Waals surface area contributed by atoms with Crippen molar-refractivity contribution in [3.05, 3.63) is 35.9 Å². The molecular weight excluding hydrogens is 278 g/mol. The predicted octanol–water partition coefficient (Wildman–Crippen LogP) is 0.259. The fourth-order valence-electron chi connectivity index (χ4n) is 1.87. The number of nitrogens with zero attached hydrogens (tertiary/aromatic N) is 1. The summed E-state index contributed by atoms with van der Waals surface area (Å²) in [5.74, 6) is -0.690. The van der Waals surface area contributed by atoms with Gasteiger partial charge in [-0.25, -0.2) is 0 Å². The van der Waals surface area contributed by atoms with Gasteiger partial charge in [-0.3, -0.25) is 4.79 Å². The normalized spacial score (nSPS) is 13.3. The van der Waals surface area contributed by atoms with E-state index in [1.54, 1.807) is 13.8 Å². The maximum absolute atomic E-state index is 12.1. The molecule has 0 saturated carbocycles. The van der Waals surface area contributed by atoms with Gasteiger partial charge in [0.05, 0.1) is 0 Å². The minimum absolute atomic E-state index is 0.233. The molecule has 3 N–H and O–H groups in total. The summed E-state index contributed by atoms with van der Waals surface area (Å²) in [6, 6.07) is 8.19. The molecule has 0 radical (unpaired) electrons. The van der Waals surface area contributed by atoms with Gasteiger partial charge in [-0.1, -0.05) is 44.2 Å². The fraction of sp³-hybridized carbons (Fsp3) is 0.462. The molecule has 0 aliphatic heterocycles. The number of hydrogen-bond donors (Lipinski definition) is 2. The van der Waals surface area contributed by atoms with Gasteiger partial charge in [0, 0.05) is 13.1 Å². The molecule has 1 rings (SSSR count). The Hall–Kier alpha value is -1.44. The topological polar surface area (TPSA) is 92.5 Å². The second-order valence-corrected chi connectivity index (χ2v) is 6.05. The third kappa shape index (κ3) is 4.59. The smallest absolute Gasteiger partial charge is 0.280 e. The van der Waals surface area contributed by atoms with Crippen LogP contribution in [0.4, 0.5) is 0 Å². The van der Waals surface area contributed by atoms with E-state index in [1.165, 1.54) is 4.31 Å². The summed E-state index contributed by atoms with van der Waals surface area (Å²) in [6.07, 6.45) is 0.233. The van der Waals surface area contributed by atoms with Crippen LogP contribution in [0.15, 0.2) is 30.3 Å². The van der Waals surface area contributed by atoms with Gasteiger partial charge in [-0.2, -0.15) is 17.4 Å². The largest absolute Gasteiger partial charge is 0.368 e. The highest BCUT2D eigenvalue weighted by molar-refractivity contribution is 7.87. The molecule has 1 aromatic rings. The number of rotatable bonds is 8. The molecule has 0 heterocycles. The number of nitrogens with two attached hydrogens (primary N) is 1. The lowest BCUT2D eigenvalue weighted by molar-refractivity contribution is -0.119. The molecule has 0 spiro atoms. The second kappa shape index (κ2) is 7.37. The quantitative estimate of drug-likeness (QED) is 0.721. The summed E-state index contributed by atoms with van der Waals surface area (Å²) in [5, 5.41) is 0. The minimum Gasteiger partial charge on any atom is -0.368 e. The van der Waals surface area contributed by atoms with Crippen LogP contribution >= 0.6 is 0 Å². The van der Waals surface area contributed by atoms with Crippen molar-refractivity contribution in [3.8, 4) is 0 Å². The molecule has 1 aromatic carbocycles. The van der Waals surface area contributed by atoms with E-state index in [9.17, 15) is 13.2 Å². The van der Waals surface area contributed by atoms with Gasteiger partial charge in [0.15, 0.2) is 0 Å². The lowest BCUT2D eigenvalue weighted by Gasteiger charge is -2.22. The third-order valence-corrected chi connectivity index (χ3v) is 4.74. The first-order valence-electron chi connectivity index (χ1n) is 6.51. The highest BCUT2D eigenvalue weighted by atomic mass is 32.2. The fourth-order valence-corrected chi connectivity index (χ4v) is 3.26. The zero-order valence-electron chi connectivity index (χ0n) is 11.7. The van der Waals surface area contributed by atoms with Crippen molar-refractivity contribution in [2.75, 3.05) is 13.1 Å². The summed E-state index contributed by atoms with van der Waals surface area (Å²) in [5.41, 5.74) is 6.14. The van der Waals surface area contributed by atoms with Crippen molar-refractivity contribution < 1.29 is 13.2 Å². The lowest BCUT2D eigenvalue weighted by Crippen LogP contribution is -2.51. The Morgan fingerprint density at radius 3 is 2.25 bits per heavy atom. The Morgan fingerprint density at radius 2 is 1.80 bits per heavy atom. The number of hydrogen-bond acceptors (Lipinski definition) is 3. The Bertz CT molecular complexity index is 527. The molecular formula is C13H21N3O3S. The molecule has 0 aromatic heterocycles. The van der Waals surface area contributed by atoms with Gasteiger partial charge in [-0.15, -0.1) is 0 Å². The van der Waals surface area contributed by atoms with Crippen LogP contribution in [0.25, 0.3) is 0 Å². The van der Waals surface area contributed by atoms with Gasteiger partial charge in [-0.05, 0) is 12.0 Å². The average Bonchev–Trinajstić information content (AvgIpc) is 2.39. The lowest BCUT2D eigenvalue weighted by atomic mass is 10.1. The molecule has 20 heavy (non-hydrogen) atoms. The Balaban J connectivity index is 2.86. The summed E-state index contributed by atoms with van der Waals surface area (Å²) in [6.45, 7) is 4.14. The number of nitrogens with one attached hydrogen (secondary N) is 1. The molecule has 0 bridgehead atoms. The molecule has 1 atom stereocenters. The van der Waals surface area contributed by atoms with E-state index in [1.807, 2.05) is 30.3 Å². The van der Waals surface area contributed by atoms with Crippen LogP contribution in [-0.2, 0) is 21.4 Å². The van der Waals surface area contributed by atoms with E-state index in [-0.39, 0.29) is 6.42 Å². The van der Waals surface area contributed by atoms with Crippen molar-refractivity contribution in [2.45, 2.75) is 26.3 Å². The molecule has 6 nitrogen and oxygen atoms in total. The molecule has 0 aliphatic rings. The van der Waals surface area contributed by atoms with Gasteiger partial charge in [0.2, 0.25) is 5.91 Å². The highest BCUT2D eigenvalue weighted by Gasteiger charge is 2.26. The zero-order chi connectivity index (χ0) is 15.2. The zero-order valence-corrected chi connectivity index (χ0v) is 12.6. The second-order valence-electron chi connectivity index (χ2n) is 4.35. The van der Waals surface area contributed by atoms with Crippen LogP contribution in [0.2, 0.25) is 0 Å². The molecule has 1 amide bonds. The Labute approximate surface area is 120 Å². The number of carbonyl (C=O) groups is 1. The van der Waals surface area contributed by atoms with E-state index in [0.29, 0.717) is 13.1 Å². The Morgan fingerprint density at radius 1 is 1.25 bits per heavy atom. The van der Waals surface area contributed by atoms with Crippen LogP contribution in [0.1, 0.15) is 19.4 Å². The average molecular weight is 299 g/mol. The summed E-state index contributed by atoms with van der Waals surface area (Å²) in [7, 11) is -3.70. The molecule has 7 heteroatoms. The first kappa shape index (κ1) is 16.6. The van der Waals surface area contributed by atoms with E-state index in [0.717, 1.165) is 5.56 Å². The van der Waals surface area contributed by atoms with Gasteiger partial charge in [0.1, 0.15) is 6.04 Å². The summed E-state index contributed by atoms with van der Waals surface area (Å²) < 4.78 is 27.8. The van der Waals surface area contributed by atoms with Gasteiger partial charge in [0.25, 0.3) is 10.2 Å². The maximum atomic E-state index is 12.1. The van der Waals surface area contributed by atoms with Crippen molar-refractivity contribution in [1.29, 1.82) is 0 Å². The van der Waals surface area contributed by atoms with Crippen molar-refractivity contribution in [2.24, 2.45) is 5.73 Å². The minimum atomic E-state index is -3.70. The van der Waals surface area contributed by atoms with E-state index >= 15 is 0 Å². The molecule has 0 unspecified atom stereocenters. The first-order chi connectivity index (χ1) is 9.40. The number of benzene rings is 1. The van der Waals surface area contributed by atoms with Crippen LogP contribution in [-0.4, -0.2) is 37.8 Å². The predicted molar refractivity (Wildman–Crippen MR) is 78.1 cm³/mol. The van der Waals surface area contributed by atoms with Crippen molar-refractivity contribution in [1.82, 2.24) is 9.03 Å². The van der Waals surface area contributed by atoms with Crippen LogP contribution in [0.3, 0.4) is 0 Å². The third-order valence-electron chi connectivity index (χ3n) is 2.96. The highest BCUT2D eigenvalue weighted by Crippen LogP contribution is 2.06. The molecule has 0 aliphatic carbocycles. The number of amides is 1. The molecule has 112 valence electrons. The van der Waals surface area contributed by atoms with Crippen LogP contribution in [0.5, 0.6) is 0 Å².